The van der Waals surface area contributed by atoms with Crippen LogP contribution < -0.4 is 30.4 Å². The molecule has 2 aliphatic carbocycles. The van der Waals surface area contributed by atoms with Crippen LogP contribution in [0.4, 0.5) is 51.2 Å². The lowest BCUT2D eigenvalue weighted by atomic mass is 9.36. The Bertz CT molecular complexity index is 3370. The quantitative estimate of drug-likeness (QED) is 0.159. The smallest absolute Gasteiger partial charge is 0.264 e. The largest absolute Gasteiger partial charge is 0.311 e. The number of benzene rings is 7. The molecule has 0 spiro atoms. The Kier molecular flexibility index (Phi) is 9.98. The van der Waals surface area contributed by atoms with Gasteiger partial charge in [0.25, 0.3) is 6.71 Å². The summed E-state index contributed by atoms with van der Waals surface area (Å²) in [6.07, 6.45) is 4.72. The number of anilines is 9. The van der Waals surface area contributed by atoms with Crippen molar-refractivity contribution in [2.75, 3.05) is 14.7 Å². The van der Waals surface area contributed by atoms with Crippen molar-refractivity contribution in [3.05, 3.63) is 179 Å². The summed E-state index contributed by atoms with van der Waals surface area (Å²) in [7, 11) is 0. The molecule has 0 bridgehead atoms. The highest BCUT2D eigenvalue weighted by atomic mass is 32.1. The Morgan fingerprint density at radius 3 is 1.56 bits per heavy atom. The van der Waals surface area contributed by atoms with Crippen LogP contribution in [0.5, 0.6) is 0 Å². The van der Waals surface area contributed by atoms with Crippen LogP contribution in [0, 0.1) is 6.92 Å². The predicted octanol–water partition coefficient (Wildman–Crippen LogP) is 16.8. The maximum atomic E-state index is 2.70. The van der Waals surface area contributed by atoms with Gasteiger partial charge >= 0.3 is 0 Å². The Balaban J connectivity index is 1.18. The summed E-state index contributed by atoms with van der Waals surface area (Å²) in [6, 6.07) is 56.5. The highest BCUT2D eigenvalue weighted by Crippen LogP contribution is 2.54. The number of para-hydroxylation sites is 2. The van der Waals surface area contributed by atoms with E-state index in [-0.39, 0.29) is 33.8 Å². The van der Waals surface area contributed by atoms with Crippen molar-refractivity contribution >= 4 is 95.0 Å². The summed E-state index contributed by atoms with van der Waals surface area (Å²) in [5, 5.41) is 1.35. The average Bonchev–Trinajstić information content (AvgIpc) is 3.71. The summed E-state index contributed by atoms with van der Waals surface area (Å²) in [5.41, 5.74) is 22.7. The van der Waals surface area contributed by atoms with Crippen molar-refractivity contribution < 1.29 is 0 Å². The third-order valence-electron chi connectivity index (χ3n) is 17.1. The van der Waals surface area contributed by atoms with Crippen LogP contribution in [-0.4, -0.2) is 6.71 Å². The molecular formula is C65H68BN3S. The lowest BCUT2D eigenvalue weighted by Crippen LogP contribution is -2.60. The molecule has 0 fully saturated rings. The SMILES string of the molecule is Cc1cc2c3c(c1)N(c1ccc4c(c1)C(C)(C)CCC4(C)C)c1c(sc4ccc(C(C)(C)C)cc14)B3c1ccc(N(c3ccccc3)c3ccccc3)cc1N2c1ccc2c(c1)C(C)(C)CCC2(C)C. The molecule has 0 radical (unpaired) electrons. The molecule has 70 heavy (non-hydrogen) atoms. The van der Waals surface area contributed by atoms with Crippen molar-refractivity contribution in [2.24, 2.45) is 0 Å². The molecule has 0 saturated heterocycles. The third kappa shape index (κ3) is 6.96. The van der Waals surface area contributed by atoms with Crippen molar-refractivity contribution in [2.45, 2.75) is 136 Å². The monoisotopic (exact) mass is 934 g/mol. The van der Waals surface area contributed by atoms with Crippen LogP contribution in [-0.2, 0) is 27.1 Å². The second-order valence-electron chi connectivity index (χ2n) is 24.8. The molecule has 7 aromatic carbocycles. The topological polar surface area (TPSA) is 9.72 Å². The van der Waals surface area contributed by atoms with Gasteiger partial charge in [-0.25, -0.2) is 0 Å². The molecular weight excluding hydrogens is 866 g/mol. The Labute approximate surface area is 422 Å². The molecule has 5 heteroatoms. The number of hydrogen-bond acceptors (Lipinski definition) is 4. The summed E-state index contributed by atoms with van der Waals surface area (Å²) in [6.45, 7) is 29.0. The van der Waals surface area contributed by atoms with Gasteiger partial charge in [-0.3, -0.25) is 0 Å². The van der Waals surface area contributed by atoms with E-state index < -0.39 is 0 Å². The fraction of sp³-hybridized carbons (Fsp3) is 0.323. The molecule has 0 amide bonds. The zero-order valence-electron chi connectivity index (χ0n) is 43.5. The number of hydrogen-bond donors (Lipinski definition) is 0. The molecule has 4 aliphatic rings. The lowest BCUT2D eigenvalue weighted by molar-refractivity contribution is 0.332. The summed E-state index contributed by atoms with van der Waals surface area (Å²) < 4.78 is 2.76. The molecule has 1 aromatic heterocycles. The first-order chi connectivity index (χ1) is 33.2. The number of aryl methyl sites for hydroxylation is 1. The number of rotatable bonds is 5. The molecule has 3 heterocycles. The van der Waals surface area contributed by atoms with E-state index in [9.17, 15) is 0 Å². The molecule has 3 nitrogen and oxygen atoms in total. The fourth-order valence-electron chi connectivity index (χ4n) is 12.8. The van der Waals surface area contributed by atoms with Gasteiger partial charge in [0.2, 0.25) is 0 Å². The predicted molar refractivity (Wildman–Crippen MR) is 305 cm³/mol. The van der Waals surface area contributed by atoms with Gasteiger partial charge in [0.15, 0.2) is 0 Å². The molecule has 0 unspecified atom stereocenters. The van der Waals surface area contributed by atoms with Crippen LogP contribution in [0.25, 0.3) is 10.1 Å². The molecule has 8 aromatic rings. The number of nitrogens with zero attached hydrogens (tertiary/aromatic N) is 3. The van der Waals surface area contributed by atoms with Gasteiger partial charge in [-0.05, 0) is 189 Å². The number of thiophene rings is 1. The molecule has 0 saturated carbocycles. The van der Waals surface area contributed by atoms with E-state index >= 15 is 0 Å². The maximum absolute atomic E-state index is 2.70. The summed E-state index contributed by atoms with van der Waals surface area (Å²) in [4.78, 5) is 7.78. The normalized spacial score (nSPS) is 17.9. The fourth-order valence-corrected chi connectivity index (χ4v) is 14.1. The van der Waals surface area contributed by atoms with E-state index in [0.29, 0.717) is 0 Å². The summed E-state index contributed by atoms with van der Waals surface area (Å²) >= 11 is 2.00. The van der Waals surface area contributed by atoms with E-state index in [1.165, 1.54) is 113 Å². The van der Waals surface area contributed by atoms with Crippen molar-refractivity contribution in [1.29, 1.82) is 0 Å². The Morgan fingerprint density at radius 2 is 1.01 bits per heavy atom. The first kappa shape index (κ1) is 45.1. The van der Waals surface area contributed by atoms with Gasteiger partial charge in [0, 0.05) is 60.4 Å². The highest BCUT2D eigenvalue weighted by Gasteiger charge is 2.47. The van der Waals surface area contributed by atoms with Gasteiger partial charge in [-0.2, -0.15) is 0 Å². The average molecular weight is 934 g/mol. The van der Waals surface area contributed by atoms with Gasteiger partial charge < -0.3 is 14.7 Å². The Hall–Kier alpha value is -6.04. The lowest BCUT2D eigenvalue weighted by Gasteiger charge is -2.46. The van der Waals surface area contributed by atoms with Gasteiger partial charge in [0.1, 0.15) is 0 Å². The van der Waals surface area contributed by atoms with E-state index in [4.69, 9.17) is 0 Å². The second-order valence-corrected chi connectivity index (χ2v) is 25.9. The van der Waals surface area contributed by atoms with Crippen molar-refractivity contribution in [3.8, 4) is 0 Å². The zero-order chi connectivity index (χ0) is 48.9. The second kappa shape index (κ2) is 15.5. The molecule has 12 rings (SSSR count). The van der Waals surface area contributed by atoms with Crippen LogP contribution >= 0.6 is 11.3 Å². The van der Waals surface area contributed by atoms with E-state index in [0.717, 1.165) is 23.5 Å². The van der Waals surface area contributed by atoms with E-state index in [1.54, 1.807) is 0 Å². The minimum atomic E-state index is 0.00196. The van der Waals surface area contributed by atoms with Crippen LogP contribution in [0.15, 0.2) is 146 Å². The first-order valence-electron chi connectivity index (χ1n) is 25.9. The maximum Gasteiger partial charge on any atom is 0.264 e. The van der Waals surface area contributed by atoms with Crippen LogP contribution in [0.2, 0.25) is 0 Å². The molecule has 0 N–H and O–H groups in total. The minimum Gasteiger partial charge on any atom is -0.311 e. The standard InChI is InChI=1S/C65H68BN3S/c1-41-35-55-58-56(36-41)69(46-25-28-50-52(39-46)65(11,12)34-32-63(50,7)8)59-48-37-42(61(2,3)4)23-30-57(48)70-60(59)66(58)53-29-26-47(67(43-19-15-13-16-20-43)44-21-17-14-18-22-44)40-54(53)68(55)45-24-27-49-51(38-45)64(9,10)33-31-62(49,5)6/h13-30,35-40H,31-34H2,1-12H3. The van der Waals surface area contributed by atoms with Crippen LogP contribution in [0.1, 0.15) is 135 Å². The van der Waals surface area contributed by atoms with Gasteiger partial charge in [-0.15, -0.1) is 11.3 Å². The van der Waals surface area contributed by atoms with E-state index in [2.05, 4.69) is 243 Å². The molecule has 0 atom stereocenters. The Morgan fingerprint density at radius 1 is 0.500 bits per heavy atom. The molecule has 2 aliphatic heterocycles. The highest BCUT2D eigenvalue weighted by molar-refractivity contribution is 7.33. The third-order valence-corrected chi connectivity index (χ3v) is 18.4. The number of fused-ring (bicyclic) bond motifs is 8. The van der Waals surface area contributed by atoms with Gasteiger partial charge in [-0.1, -0.05) is 137 Å². The van der Waals surface area contributed by atoms with Crippen LogP contribution in [0.3, 0.4) is 0 Å². The van der Waals surface area contributed by atoms with Gasteiger partial charge in [0.05, 0.1) is 5.69 Å². The van der Waals surface area contributed by atoms with Crippen molar-refractivity contribution in [3.63, 3.8) is 0 Å². The zero-order valence-corrected chi connectivity index (χ0v) is 44.3. The summed E-state index contributed by atoms with van der Waals surface area (Å²) in [5.74, 6) is 0. The minimum absolute atomic E-state index is 0.00196. The first-order valence-corrected chi connectivity index (χ1v) is 26.7. The van der Waals surface area contributed by atoms with Crippen molar-refractivity contribution in [1.82, 2.24) is 0 Å². The van der Waals surface area contributed by atoms with E-state index in [1.807, 2.05) is 11.3 Å². The molecule has 352 valence electrons.